The van der Waals surface area contributed by atoms with Crippen LogP contribution in [0.5, 0.6) is 0 Å². The third-order valence-corrected chi connectivity index (χ3v) is 3.41. The number of rotatable bonds is 2. The van der Waals surface area contributed by atoms with E-state index in [0.717, 1.165) is 7.11 Å². The number of carbonyl (C=O) groups excluding carboxylic acids is 1. The fraction of sp³-hybridized carbons (Fsp3) is 0.267. The summed E-state index contributed by atoms with van der Waals surface area (Å²) in [7, 11) is 1.06. The van der Waals surface area contributed by atoms with Crippen molar-refractivity contribution in [1.29, 1.82) is 0 Å². The second-order valence-electron chi connectivity index (χ2n) is 4.83. The maximum Gasteiger partial charge on any atom is 0.334 e. The van der Waals surface area contributed by atoms with Crippen molar-refractivity contribution in [2.24, 2.45) is 0 Å². The highest BCUT2D eigenvalue weighted by molar-refractivity contribution is 5.91. The lowest BCUT2D eigenvalue weighted by molar-refractivity contribution is -0.136. The van der Waals surface area contributed by atoms with Crippen LogP contribution in [0.25, 0.3) is 0 Å². The van der Waals surface area contributed by atoms with Gasteiger partial charge in [0.05, 0.1) is 7.11 Å². The van der Waals surface area contributed by atoms with E-state index in [0.29, 0.717) is 12.0 Å². The first-order valence-corrected chi connectivity index (χ1v) is 6.26. The molecule has 0 N–H and O–H groups in total. The van der Waals surface area contributed by atoms with Crippen molar-refractivity contribution in [3.8, 4) is 0 Å². The van der Waals surface area contributed by atoms with Crippen molar-refractivity contribution in [1.82, 2.24) is 0 Å². The van der Waals surface area contributed by atoms with Gasteiger partial charge >= 0.3 is 5.97 Å². The van der Waals surface area contributed by atoms with Gasteiger partial charge in [0.1, 0.15) is 0 Å². The van der Waals surface area contributed by atoms with Crippen LogP contribution >= 0.6 is 0 Å². The monoisotopic (exact) mass is 318 g/mol. The first-order valence-electron chi connectivity index (χ1n) is 6.26. The van der Waals surface area contributed by atoms with Crippen molar-refractivity contribution in [3.63, 3.8) is 0 Å². The summed E-state index contributed by atoms with van der Waals surface area (Å²) in [5.41, 5.74) is -0.606. The maximum absolute atomic E-state index is 13.9. The first-order chi connectivity index (χ1) is 10.3. The van der Waals surface area contributed by atoms with Gasteiger partial charge in [0.2, 0.25) is 5.82 Å². The van der Waals surface area contributed by atoms with Gasteiger partial charge in [0.25, 0.3) is 0 Å². The van der Waals surface area contributed by atoms with Crippen molar-refractivity contribution in [2.45, 2.75) is 19.3 Å². The zero-order chi connectivity index (χ0) is 16.6. The number of halogens is 5. The Hall–Kier alpha value is -2.18. The number of allylic oxidation sites excluding steroid dienone is 3. The summed E-state index contributed by atoms with van der Waals surface area (Å²) in [4.78, 5) is 11.7. The summed E-state index contributed by atoms with van der Waals surface area (Å²) in [6.07, 6.45) is 2.95. The minimum absolute atomic E-state index is 0.170. The van der Waals surface area contributed by atoms with Crippen LogP contribution in [0.2, 0.25) is 0 Å². The van der Waals surface area contributed by atoms with Gasteiger partial charge in [0, 0.05) is 17.1 Å². The molecule has 0 saturated heterocycles. The molecule has 22 heavy (non-hydrogen) atoms. The van der Waals surface area contributed by atoms with Gasteiger partial charge < -0.3 is 4.74 Å². The lowest BCUT2D eigenvalue weighted by Gasteiger charge is -2.22. The zero-order valence-electron chi connectivity index (χ0n) is 11.6. The predicted molar refractivity (Wildman–Crippen MR) is 67.4 cm³/mol. The van der Waals surface area contributed by atoms with Crippen LogP contribution in [0.1, 0.15) is 24.8 Å². The van der Waals surface area contributed by atoms with Gasteiger partial charge in [0.15, 0.2) is 23.3 Å². The van der Waals surface area contributed by atoms with E-state index < -0.39 is 46.5 Å². The van der Waals surface area contributed by atoms with E-state index in [2.05, 4.69) is 4.74 Å². The molecular weight excluding hydrogens is 307 g/mol. The Kier molecular flexibility index (Phi) is 4.35. The molecule has 2 rings (SSSR count). The minimum atomic E-state index is -2.24. The Balaban J connectivity index is 2.70. The zero-order valence-corrected chi connectivity index (χ0v) is 11.6. The molecule has 2 nitrogen and oxygen atoms in total. The fourth-order valence-corrected chi connectivity index (χ4v) is 2.30. The molecule has 1 aromatic carbocycles. The third-order valence-electron chi connectivity index (χ3n) is 3.41. The molecule has 0 saturated carbocycles. The predicted octanol–water partition coefficient (Wildman–Crippen LogP) is 3.92. The number of ether oxygens (including phenoxy) is 1. The first kappa shape index (κ1) is 16.2. The van der Waals surface area contributed by atoms with Gasteiger partial charge in [-0.15, -0.1) is 0 Å². The Labute approximate surface area is 122 Å². The van der Waals surface area contributed by atoms with E-state index in [-0.39, 0.29) is 5.57 Å². The van der Waals surface area contributed by atoms with E-state index in [4.69, 9.17) is 0 Å². The minimum Gasteiger partial charge on any atom is -0.466 e. The number of benzene rings is 1. The third kappa shape index (κ3) is 2.51. The lowest BCUT2D eigenvalue weighted by atomic mass is 9.83. The molecule has 1 aliphatic rings. The Bertz CT molecular complexity index is 677. The molecule has 0 aliphatic heterocycles. The van der Waals surface area contributed by atoms with Gasteiger partial charge in [-0.05, 0) is 13.3 Å². The molecule has 1 aliphatic carbocycles. The highest BCUT2D eigenvalue weighted by Gasteiger charge is 2.34. The molecule has 1 unspecified atom stereocenters. The normalized spacial score (nSPS) is 17.9. The van der Waals surface area contributed by atoms with Gasteiger partial charge in [-0.3, -0.25) is 0 Å². The average molecular weight is 318 g/mol. The second kappa shape index (κ2) is 5.90. The number of hydrogen-bond acceptors (Lipinski definition) is 2. The maximum atomic E-state index is 13.9. The van der Waals surface area contributed by atoms with Crippen LogP contribution in [0.4, 0.5) is 22.0 Å². The Morgan fingerprint density at radius 3 is 2.05 bits per heavy atom. The van der Waals surface area contributed by atoms with E-state index in [1.807, 2.05) is 0 Å². The summed E-state index contributed by atoms with van der Waals surface area (Å²) in [5.74, 6) is -12.5. The molecule has 0 heterocycles. The lowest BCUT2D eigenvalue weighted by Crippen LogP contribution is -2.19. The number of methoxy groups -OCH3 is 1. The molecule has 118 valence electrons. The van der Waals surface area contributed by atoms with Crippen LogP contribution in [-0.4, -0.2) is 13.1 Å². The van der Waals surface area contributed by atoms with Gasteiger partial charge in [-0.2, -0.15) is 0 Å². The smallest absolute Gasteiger partial charge is 0.334 e. The van der Waals surface area contributed by atoms with E-state index >= 15 is 0 Å². The summed E-state index contributed by atoms with van der Waals surface area (Å²) in [5, 5.41) is 0. The Morgan fingerprint density at radius 1 is 1.05 bits per heavy atom. The van der Waals surface area contributed by atoms with Crippen LogP contribution in [0.15, 0.2) is 23.3 Å². The average Bonchev–Trinajstić information content (AvgIpc) is 2.50. The van der Waals surface area contributed by atoms with Crippen LogP contribution < -0.4 is 0 Å². The topological polar surface area (TPSA) is 26.3 Å². The van der Waals surface area contributed by atoms with E-state index in [9.17, 15) is 26.7 Å². The summed E-state index contributed by atoms with van der Waals surface area (Å²) < 4.78 is 72.2. The van der Waals surface area contributed by atoms with E-state index in [1.54, 1.807) is 6.92 Å². The molecule has 0 amide bonds. The van der Waals surface area contributed by atoms with Crippen LogP contribution in [0.3, 0.4) is 0 Å². The fourth-order valence-electron chi connectivity index (χ4n) is 2.30. The highest BCUT2D eigenvalue weighted by atomic mass is 19.2. The molecule has 0 radical (unpaired) electrons. The van der Waals surface area contributed by atoms with Crippen LogP contribution in [0, 0.1) is 29.1 Å². The molecule has 1 aromatic rings. The van der Waals surface area contributed by atoms with Crippen LogP contribution in [-0.2, 0) is 9.53 Å². The summed E-state index contributed by atoms with van der Waals surface area (Å²) in [6, 6.07) is 0. The second-order valence-corrected chi connectivity index (χ2v) is 4.83. The van der Waals surface area contributed by atoms with Gasteiger partial charge in [-0.25, -0.2) is 26.7 Å². The summed E-state index contributed by atoms with van der Waals surface area (Å²) >= 11 is 0. The van der Waals surface area contributed by atoms with E-state index in [1.165, 1.54) is 12.2 Å². The number of esters is 1. The highest BCUT2D eigenvalue weighted by Crippen LogP contribution is 2.37. The van der Waals surface area contributed by atoms with Gasteiger partial charge in [-0.1, -0.05) is 17.7 Å². The molecule has 7 heteroatoms. The van der Waals surface area contributed by atoms with Crippen molar-refractivity contribution in [2.75, 3.05) is 7.11 Å². The number of carbonyl (C=O) groups is 1. The summed E-state index contributed by atoms with van der Waals surface area (Å²) in [6.45, 7) is 1.61. The largest absolute Gasteiger partial charge is 0.466 e. The molecule has 1 atom stereocenters. The van der Waals surface area contributed by atoms with Crippen molar-refractivity contribution < 1.29 is 31.5 Å². The molecular formula is C15H11F5O2. The van der Waals surface area contributed by atoms with Crippen molar-refractivity contribution in [3.05, 3.63) is 57.9 Å². The molecule has 0 spiro atoms. The molecule has 0 fully saturated rings. The number of hydrogen-bond donors (Lipinski definition) is 0. The quantitative estimate of drug-likeness (QED) is 0.272. The van der Waals surface area contributed by atoms with Crippen molar-refractivity contribution >= 4 is 5.97 Å². The SMILES string of the molecule is COC(=O)C1=CCC(C)=CC1c1c(F)c(F)c(F)c(F)c1F. The molecule has 0 aromatic heterocycles. The Morgan fingerprint density at radius 2 is 1.55 bits per heavy atom. The molecule has 0 bridgehead atoms. The standard InChI is InChI=1S/C15H11F5O2/c1-6-3-4-7(15(21)22-2)8(5-6)9-10(16)12(18)14(20)13(19)11(9)17/h4-5,8H,3H2,1-2H3.